The van der Waals surface area contributed by atoms with Crippen molar-refractivity contribution < 1.29 is 35.7 Å². The summed E-state index contributed by atoms with van der Waals surface area (Å²) < 4.78 is 3.74. The van der Waals surface area contributed by atoms with Gasteiger partial charge in [0.1, 0.15) is 11.6 Å². The van der Waals surface area contributed by atoms with Crippen LogP contribution in [-0.4, -0.2) is 33.6 Å². The average Bonchev–Trinajstić information content (AvgIpc) is 2.02. The van der Waals surface area contributed by atoms with Crippen molar-refractivity contribution in [1.29, 1.82) is 0 Å². The Labute approximate surface area is 96.0 Å². The van der Waals surface area contributed by atoms with Crippen LogP contribution < -0.4 is 0 Å². The van der Waals surface area contributed by atoms with Crippen LogP contribution in [0.1, 0.15) is 11.6 Å². The molecule has 1 N–H and O–H groups in total. The normalized spacial score (nSPS) is 7.64. The van der Waals surface area contributed by atoms with Crippen LogP contribution in [0, 0.1) is 13.8 Å². The Bertz CT molecular complexity index is 232. The van der Waals surface area contributed by atoms with Gasteiger partial charge in [-0.2, -0.15) is 9.97 Å². The SMILES string of the molecule is CO[C-]=O.Cc1nc(C)nc(O)n1.[W]. The quantitative estimate of drug-likeness (QED) is 0.697. The maximum absolute atomic E-state index is 8.83. The summed E-state index contributed by atoms with van der Waals surface area (Å²) >= 11 is 0. The molecule has 6 nitrogen and oxygen atoms in total. The smallest absolute Gasteiger partial charge is 0.317 e. The minimum Gasteiger partial charge on any atom is -0.655 e. The van der Waals surface area contributed by atoms with Crippen molar-refractivity contribution in [1.82, 2.24) is 15.0 Å². The van der Waals surface area contributed by atoms with Crippen LogP contribution in [0.5, 0.6) is 6.01 Å². The van der Waals surface area contributed by atoms with Gasteiger partial charge in [0.25, 0.3) is 0 Å². The molecule has 0 saturated heterocycles. The second kappa shape index (κ2) is 8.56. The molecule has 0 radical (unpaired) electrons. The maximum atomic E-state index is 8.83. The fraction of sp³-hybridized carbons (Fsp3) is 0.429. The molecule has 0 atom stereocenters. The van der Waals surface area contributed by atoms with Crippen LogP contribution in [0.25, 0.3) is 0 Å². The van der Waals surface area contributed by atoms with E-state index in [1.165, 1.54) is 13.6 Å². The van der Waals surface area contributed by atoms with Crippen molar-refractivity contribution in [2.24, 2.45) is 0 Å². The molecule has 0 amide bonds. The first kappa shape index (κ1) is 15.4. The Hall–Kier alpha value is -1.03. The predicted octanol–water partition coefficient (Wildman–Crippen LogP) is -0.108. The van der Waals surface area contributed by atoms with E-state index in [1.807, 2.05) is 0 Å². The number of nitrogens with zero attached hydrogens (tertiary/aromatic N) is 3. The molecule has 1 rings (SSSR count). The summed E-state index contributed by atoms with van der Waals surface area (Å²) in [7, 11) is 1.26. The fourth-order valence-corrected chi connectivity index (χ4v) is 0.599. The number of ether oxygens (including phenoxy) is 1. The number of rotatable bonds is 1. The molecule has 1 aromatic heterocycles. The molecule has 0 aromatic carbocycles. The first-order valence-electron chi connectivity index (χ1n) is 3.38. The average molecular weight is 368 g/mol. The maximum Gasteiger partial charge on any atom is 0.317 e. The van der Waals surface area contributed by atoms with Crippen LogP contribution in [0.4, 0.5) is 0 Å². The Kier molecular flexibility index (Phi) is 9.44. The topological polar surface area (TPSA) is 85.2 Å². The number of carbonyl (C=O) groups excluding carboxylic acids is 1. The van der Waals surface area contributed by atoms with Gasteiger partial charge in [0, 0.05) is 28.2 Å². The van der Waals surface area contributed by atoms with Crippen molar-refractivity contribution in [3.63, 3.8) is 0 Å². The van der Waals surface area contributed by atoms with Gasteiger partial charge in [-0.3, -0.25) is 0 Å². The van der Waals surface area contributed by atoms with E-state index in [4.69, 9.17) is 9.90 Å². The van der Waals surface area contributed by atoms with Crippen molar-refractivity contribution in [2.75, 3.05) is 7.11 Å². The summed E-state index contributed by atoms with van der Waals surface area (Å²) in [6.45, 7) is 4.59. The van der Waals surface area contributed by atoms with Crippen molar-refractivity contribution >= 4 is 6.47 Å². The van der Waals surface area contributed by atoms with Gasteiger partial charge in [0.2, 0.25) is 0 Å². The third-order valence-corrected chi connectivity index (χ3v) is 0.931. The monoisotopic (exact) mass is 368 g/mol. The van der Waals surface area contributed by atoms with Crippen molar-refractivity contribution in [3.05, 3.63) is 11.6 Å². The van der Waals surface area contributed by atoms with E-state index in [0.717, 1.165) is 0 Å². The molecule has 1 aromatic rings. The van der Waals surface area contributed by atoms with Crippen LogP contribution in [0.3, 0.4) is 0 Å². The summed E-state index contributed by atoms with van der Waals surface area (Å²) in [5, 5.41) is 8.73. The molecule has 0 aliphatic heterocycles. The number of aromatic hydroxyl groups is 1. The molecule has 78 valence electrons. The molecule has 0 saturated carbocycles. The van der Waals surface area contributed by atoms with Gasteiger partial charge in [-0.1, -0.05) is 6.47 Å². The van der Waals surface area contributed by atoms with E-state index in [1.54, 1.807) is 13.8 Å². The van der Waals surface area contributed by atoms with Gasteiger partial charge >= 0.3 is 6.01 Å². The molecule has 0 aliphatic rings. The predicted molar refractivity (Wildman–Crippen MR) is 43.7 cm³/mol. The van der Waals surface area contributed by atoms with E-state index >= 15 is 0 Å². The number of aromatic nitrogens is 3. The van der Waals surface area contributed by atoms with Gasteiger partial charge in [-0.15, -0.1) is 0 Å². The molecule has 0 spiro atoms. The molecular formula is C7H10N3O3W-. The van der Waals surface area contributed by atoms with Crippen molar-refractivity contribution in [2.45, 2.75) is 13.8 Å². The first-order chi connectivity index (χ1) is 6.10. The number of hydrogen-bond acceptors (Lipinski definition) is 6. The van der Waals surface area contributed by atoms with E-state index in [0.29, 0.717) is 11.6 Å². The van der Waals surface area contributed by atoms with E-state index < -0.39 is 0 Å². The van der Waals surface area contributed by atoms with E-state index in [9.17, 15) is 0 Å². The Morgan fingerprint density at radius 3 is 1.79 bits per heavy atom. The molecule has 14 heavy (non-hydrogen) atoms. The van der Waals surface area contributed by atoms with Crippen LogP contribution in [-0.2, 0) is 30.6 Å². The molecule has 0 unspecified atom stereocenters. The summed E-state index contributed by atoms with van der Waals surface area (Å²) in [4.78, 5) is 19.8. The largest absolute Gasteiger partial charge is 0.655 e. The zero-order valence-corrected chi connectivity index (χ0v) is 10.9. The first-order valence-corrected chi connectivity index (χ1v) is 3.38. The summed E-state index contributed by atoms with van der Waals surface area (Å²) in [5.41, 5.74) is 0. The number of hydrogen-bond donors (Lipinski definition) is 1. The zero-order valence-electron chi connectivity index (χ0n) is 8.01. The number of aryl methyl sites for hydroxylation is 2. The third-order valence-electron chi connectivity index (χ3n) is 0.931. The zero-order chi connectivity index (χ0) is 10.3. The van der Waals surface area contributed by atoms with Gasteiger partial charge < -0.3 is 14.6 Å². The second-order valence-electron chi connectivity index (χ2n) is 2.02. The fourth-order valence-electron chi connectivity index (χ4n) is 0.599. The van der Waals surface area contributed by atoms with E-state index in [-0.39, 0.29) is 27.1 Å². The summed E-state index contributed by atoms with van der Waals surface area (Å²) in [6.07, 6.45) is 0. The molecule has 0 aliphatic carbocycles. The Morgan fingerprint density at radius 2 is 1.57 bits per heavy atom. The van der Waals surface area contributed by atoms with Gasteiger partial charge in [0.05, 0.1) is 0 Å². The molecule has 1 heterocycles. The minimum atomic E-state index is -0.208. The van der Waals surface area contributed by atoms with Crippen LogP contribution in [0.15, 0.2) is 0 Å². The van der Waals surface area contributed by atoms with Crippen LogP contribution >= 0.6 is 0 Å². The van der Waals surface area contributed by atoms with Gasteiger partial charge in [-0.25, -0.2) is 4.98 Å². The van der Waals surface area contributed by atoms with Gasteiger partial charge in [-0.05, 0) is 13.8 Å². The summed E-state index contributed by atoms with van der Waals surface area (Å²) in [5.74, 6) is 1.08. The van der Waals surface area contributed by atoms with E-state index in [2.05, 4.69) is 19.7 Å². The van der Waals surface area contributed by atoms with Crippen molar-refractivity contribution in [3.8, 4) is 6.01 Å². The third kappa shape index (κ3) is 7.61. The molecular weight excluding hydrogens is 358 g/mol. The second-order valence-corrected chi connectivity index (χ2v) is 2.02. The van der Waals surface area contributed by atoms with Crippen LogP contribution in [0.2, 0.25) is 0 Å². The van der Waals surface area contributed by atoms with Gasteiger partial charge in [0.15, 0.2) is 0 Å². The molecule has 0 bridgehead atoms. The number of methoxy groups -OCH3 is 1. The standard InChI is InChI=1S/C5H7N3O.C2H3O2.W/c1-3-6-4(2)8-5(9)7-3;1-4-2-3;/h1-2H3,(H,6,7,8,9);1H3;/q;-1;. The molecule has 7 heteroatoms. The summed E-state index contributed by atoms with van der Waals surface area (Å²) in [6, 6.07) is -0.208. The molecule has 0 fully saturated rings. The Balaban J connectivity index is 0. The minimum absolute atomic E-state index is 0. The Morgan fingerprint density at radius 1 is 1.21 bits per heavy atom.